The normalized spacial score (nSPS) is 31.4. The van der Waals surface area contributed by atoms with Crippen LogP contribution in [0.4, 0.5) is 4.79 Å². The van der Waals surface area contributed by atoms with Crippen LogP contribution in [0.3, 0.4) is 0 Å². The van der Waals surface area contributed by atoms with Crippen molar-refractivity contribution in [3.63, 3.8) is 0 Å². The van der Waals surface area contributed by atoms with Gasteiger partial charge in [-0.3, -0.25) is 4.18 Å². The second-order valence-electron chi connectivity index (χ2n) is 13.6. The van der Waals surface area contributed by atoms with Crippen LogP contribution < -0.4 is 0 Å². The number of amides is 1. The van der Waals surface area contributed by atoms with Crippen LogP contribution in [0.1, 0.15) is 98.0 Å². The smallest absolute Gasteiger partial charge is 0.410 e. The van der Waals surface area contributed by atoms with E-state index < -0.39 is 15.7 Å². The van der Waals surface area contributed by atoms with Gasteiger partial charge in [0.1, 0.15) is 5.60 Å². The lowest BCUT2D eigenvalue weighted by Gasteiger charge is -2.67. The van der Waals surface area contributed by atoms with Gasteiger partial charge in [-0.2, -0.15) is 8.42 Å². The molecule has 0 spiro atoms. The van der Waals surface area contributed by atoms with E-state index in [1.54, 1.807) is 24.3 Å². The Bertz CT molecular complexity index is 1040. The van der Waals surface area contributed by atoms with E-state index in [-0.39, 0.29) is 23.1 Å². The first-order valence-electron chi connectivity index (χ1n) is 13.6. The number of unbranched alkanes of at least 4 members (excludes halogenated alkanes) is 2. The molecule has 4 aliphatic rings. The summed E-state index contributed by atoms with van der Waals surface area (Å²) >= 11 is 0. The molecule has 0 aromatic heterocycles. The Hall–Kier alpha value is -1.60. The van der Waals surface area contributed by atoms with Crippen molar-refractivity contribution in [1.82, 2.24) is 4.90 Å². The summed E-state index contributed by atoms with van der Waals surface area (Å²) in [4.78, 5) is 15.8. The molecule has 0 aliphatic heterocycles. The van der Waals surface area contributed by atoms with E-state index in [0.717, 1.165) is 37.7 Å². The zero-order chi connectivity index (χ0) is 26.4. The van der Waals surface area contributed by atoms with Crippen LogP contribution in [0, 0.1) is 23.7 Å². The molecular weight excluding hydrogens is 474 g/mol. The average molecular weight is 520 g/mol. The molecule has 4 aliphatic carbocycles. The lowest BCUT2D eigenvalue weighted by molar-refractivity contribution is -0.157. The fourth-order valence-corrected chi connectivity index (χ4v) is 8.96. The molecule has 4 fully saturated rings. The van der Waals surface area contributed by atoms with Crippen molar-refractivity contribution in [1.29, 1.82) is 0 Å². The van der Waals surface area contributed by atoms with Crippen molar-refractivity contribution in [2.45, 2.75) is 115 Å². The third-order valence-electron chi connectivity index (χ3n) is 8.36. The van der Waals surface area contributed by atoms with Gasteiger partial charge in [0.25, 0.3) is 10.1 Å². The van der Waals surface area contributed by atoms with Crippen molar-refractivity contribution in [3.8, 4) is 0 Å². The van der Waals surface area contributed by atoms with Crippen LogP contribution >= 0.6 is 0 Å². The zero-order valence-electron chi connectivity index (χ0n) is 23.1. The fraction of sp³-hybridized carbons (Fsp3) is 0.759. The van der Waals surface area contributed by atoms with E-state index in [2.05, 4.69) is 18.7 Å². The molecule has 7 heteroatoms. The SMILES string of the molecule is Cc1ccc(S(=O)(=O)OCCCCCN(C(=O)OC(C)(C)C)C23C[C@@H]4C[C@@](C)(C2)C[C@](C)(C4)C3)cc1. The molecule has 36 heavy (non-hydrogen) atoms. The summed E-state index contributed by atoms with van der Waals surface area (Å²) < 4.78 is 36.1. The van der Waals surface area contributed by atoms with Crippen molar-refractivity contribution < 1.29 is 22.1 Å². The predicted octanol–water partition coefficient (Wildman–Crippen LogP) is 6.86. The molecular formula is C29H45NO5S. The number of carbonyl (C=O) groups is 1. The summed E-state index contributed by atoms with van der Waals surface area (Å²) in [5, 5.41) is 0. The van der Waals surface area contributed by atoms with Crippen LogP contribution in [0.15, 0.2) is 29.2 Å². The zero-order valence-corrected chi connectivity index (χ0v) is 23.9. The highest BCUT2D eigenvalue weighted by molar-refractivity contribution is 7.86. The highest BCUT2D eigenvalue weighted by Gasteiger charge is 2.62. The van der Waals surface area contributed by atoms with E-state index in [1.165, 1.54) is 19.3 Å². The van der Waals surface area contributed by atoms with Crippen molar-refractivity contribution in [2.24, 2.45) is 16.7 Å². The Balaban J connectivity index is 1.37. The number of hydrogen-bond donors (Lipinski definition) is 0. The number of rotatable bonds is 9. The molecule has 4 atom stereocenters. The van der Waals surface area contributed by atoms with Gasteiger partial charge in [-0.05, 0) is 114 Å². The molecule has 1 unspecified atom stereocenters. The largest absolute Gasteiger partial charge is 0.444 e. The van der Waals surface area contributed by atoms with E-state index in [1.807, 2.05) is 27.7 Å². The predicted molar refractivity (Wildman–Crippen MR) is 141 cm³/mol. The maximum absolute atomic E-state index is 13.5. The van der Waals surface area contributed by atoms with Crippen LogP contribution in [-0.4, -0.2) is 43.7 Å². The van der Waals surface area contributed by atoms with Gasteiger partial charge in [-0.15, -0.1) is 0 Å². The fourth-order valence-electron chi connectivity index (χ4n) is 8.02. The van der Waals surface area contributed by atoms with Gasteiger partial charge in [0.05, 0.1) is 11.5 Å². The molecule has 1 aromatic rings. The second kappa shape index (κ2) is 9.61. The summed E-state index contributed by atoms with van der Waals surface area (Å²) in [6, 6.07) is 6.70. The lowest BCUT2D eigenvalue weighted by Crippen LogP contribution is -2.66. The molecule has 1 aromatic carbocycles. The third-order valence-corrected chi connectivity index (χ3v) is 9.68. The van der Waals surface area contributed by atoms with Crippen LogP contribution in [0.25, 0.3) is 0 Å². The molecule has 1 amide bonds. The molecule has 0 heterocycles. The Labute approximate surface area is 218 Å². The molecule has 0 N–H and O–H groups in total. The lowest BCUT2D eigenvalue weighted by atomic mass is 9.42. The summed E-state index contributed by atoms with van der Waals surface area (Å²) in [5.74, 6) is 0.682. The van der Waals surface area contributed by atoms with Crippen molar-refractivity contribution in [3.05, 3.63) is 29.8 Å². The first-order valence-corrected chi connectivity index (χ1v) is 15.0. The molecule has 5 rings (SSSR count). The quantitative estimate of drug-likeness (QED) is 0.263. The van der Waals surface area contributed by atoms with Gasteiger partial charge < -0.3 is 9.64 Å². The molecule has 0 saturated heterocycles. The number of aryl methyl sites for hydroxylation is 1. The van der Waals surface area contributed by atoms with Crippen LogP contribution in [-0.2, 0) is 19.0 Å². The summed E-state index contributed by atoms with van der Waals surface area (Å²) in [6.45, 7) is 13.3. The van der Waals surface area contributed by atoms with Crippen molar-refractivity contribution in [2.75, 3.05) is 13.2 Å². The standard InChI is InChI=1S/C29H45NO5S/c1-22-10-12-24(13-11-22)36(32,33)34-15-9-7-8-14-30(25(31)35-26(2,3)4)29-18-23-16-27(5,20-29)19-28(6,17-23)21-29/h10-13,23H,7-9,14-21H2,1-6H3/t23-,27-,28+,29?. The summed E-state index contributed by atoms with van der Waals surface area (Å²) in [7, 11) is -3.74. The van der Waals surface area contributed by atoms with E-state index in [0.29, 0.717) is 29.7 Å². The molecule has 202 valence electrons. The number of benzene rings is 1. The third kappa shape index (κ3) is 6.09. The number of nitrogens with zero attached hydrogens (tertiary/aromatic N) is 1. The number of carbonyl (C=O) groups excluding carboxylic acids is 1. The van der Waals surface area contributed by atoms with Gasteiger partial charge in [0.2, 0.25) is 0 Å². The second-order valence-corrected chi connectivity index (χ2v) is 15.3. The number of hydrogen-bond acceptors (Lipinski definition) is 5. The Morgan fingerprint density at radius 2 is 1.58 bits per heavy atom. The van der Waals surface area contributed by atoms with Gasteiger partial charge in [-0.25, -0.2) is 4.79 Å². The molecule has 4 bridgehead atoms. The van der Waals surface area contributed by atoms with Crippen molar-refractivity contribution >= 4 is 16.2 Å². The highest BCUT2D eigenvalue weighted by Crippen LogP contribution is 2.67. The van der Waals surface area contributed by atoms with Gasteiger partial charge in [-0.1, -0.05) is 31.5 Å². The van der Waals surface area contributed by atoms with Gasteiger partial charge in [0, 0.05) is 12.1 Å². The Morgan fingerprint density at radius 1 is 0.972 bits per heavy atom. The minimum absolute atomic E-state index is 0.128. The molecule has 6 nitrogen and oxygen atoms in total. The van der Waals surface area contributed by atoms with Gasteiger partial charge >= 0.3 is 6.09 Å². The Morgan fingerprint density at radius 3 is 2.14 bits per heavy atom. The van der Waals surface area contributed by atoms with E-state index in [9.17, 15) is 13.2 Å². The Kier molecular flexibility index (Phi) is 7.32. The molecule has 4 saturated carbocycles. The van der Waals surface area contributed by atoms with E-state index in [4.69, 9.17) is 8.92 Å². The topological polar surface area (TPSA) is 72.9 Å². The summed E-state index contributed by atoms with van der Waals surface area (Å²) in [5.41, 5.74) is 0.935. The molecule has 0 radical (unpaired) electrons. The van der Waals surface area contributed by atoms with Gasteiger partial charge in [0.15, 0.2) is 0 Å². The highest BCUT2D eigenvalue weighted by atomic mass is 32.2. The number of ether oxygens (including phenoxy) is 1. The average Bonchev–Trinajstić information content (AvgIpc) is 2.69. The van der Waals surface area contributed by atoms with E-state index >= 15 is 0 Å². The minimum atomic E-state index is -3.74. The first kappa shape index (κ1) is 27.4. The first-order chi connectivity index (χ1) is 16.6. The maximum Gasteiger partial charge on any atom is 0.410 e. The maximum atomic E-state index is 13.5. The summed E-state index contributed by atoms with van der Waals surface area (Å²) in [6.07, 6.45) is 9.02. The van der Waals surface area contributed by atoms with Crippen LogP contribution in [0.2, 0.25) is 0 Å². The minimum Gasteiger partial charge on any atom is -0.444 e. The van der Waals surface area contributed by atoms with Crippen LogP contribution in [0.5, 0.6) is 0 Å². The monoisotopic (exact) mass is 519 g/mol.